The van der Waals surface area contributed by atoms with E-state index in [0.717, 1.165) is 30.5 Å². The molecular weight excluding hydrogens is 622 g/mol. The third kappa shape index (κ3) is 10.5. The molecule has 4 rings (SSSR count). The number of aromatic amines is 1. The molecule has 264 valence electrons. The molecule has 2 N–H and O–H groups in total. The van der Waals surface area contributed by atoms with Crippen molar-refractivity contribution in [1.29, 1.82) is 0 Å². The molecule has 1 aliphatic carbocycles. The Morgan fingerprint density at radius 1 is 1.00 bits per heavy atom. The lowest BCUT2D eigenvalue weighted by molar-refractivity contribution is -0.138. The maximum absolute atomic E-state index is 13.5. The van der Waals surface area contributed by atoms with Crippen LogP contribution in [0, 0.1) is 5.92 Å². The number of carbonyl (C=O) groups excluding carboxylic acids is 4. The fourth-order valence-corrected chi connectivity index (χ4v) is 5.49. The fourth-order valence-electron chi connectivity index (χ4n) is 5.49. The number of nitrogens with one attached hydrogen (secondary N) is 2. The van der Waals surface area contributed by atoms with E-state index in [0.29, 0.717) is 12.3 Å². The van der Waals surface area contributed by atoms with E-state index >= 15 is 0 Å². The number of H-pyrrole nitrogens is 1. The molecule has 2 aromatic rings. The minimum Gasteiger partial charge on any atom is -0.497 e. The van der Waals surface area contributed by atoms with Crippen LogP contribution in [0.2, 0.25) is 0 Å². The molecule has 1 saturated carbocycles. The lowest BCUT2D eigenvalue weighted by Crippen LogP contribution is -2.47. The van der Waals surface area contributed by atoms with Crippen molar-refractivity contribution in [2.24, 2.45) is 5.92 Å². The standard InChI is InChI=1S/C34H49N5O9/c1-33(2,3)47-31(42)39-20-27(45-32(43)48-34(4,5)6)28(26(39)17-22-11-13-25(44-7)14-12-22)46-30(41)36-15-16-38(19-24-18-35-21-37-24)29(40)23-9-8-10-23/h11-14,18,21,23,26-28H,8-10,15-17,19-20H2,1-7H3,(H,35,37)(H,36,41)/t26-,27+,28+/m1/s1. The Kier molecular flexibility index (Phi) is 11.8. The summed E-state index contributed by atoms with van der Waals surface area (Å²) in [6.07, 6.45) is 1.65. The number of benzene rings is 1. The SMILES string of the molecule is COc1ccc(C[C@@H]2[C@H](OC(=O)NCCN(Cc3cnc[nH]3)C(=O)C3CCC3)[C@@H](OC(=O)OC(C)(C)C)CN2C(=O)OC(C)(C)C)cc1. The summed E-state index contributed by atoms with van der Waals surface area (Å²) in [6, 6.07) is 6.51. The molecule has 0 spiro atoms. The van der Waals surface area contributed by atoms with Crippen molar-refractivity contribution in [3.63, 3.8) is 0 Å². The number of hydrogen-bond acceptors (Lipinski definition) is 10. The van der Waals surface area contributed by atoms with E-state index in [-0.39, 0.29) is 37.9 Å². The number of alkyl carbamates (subject to hydrolysis) is 1. The average Bonchev–Trinajstić information content (AvgIpc) is 3.58. The first-order chi connectivity index (χ1) is 22.6. The van der Waals surface area contributed by atoms with Crippen molar-refractivity contribution >= 4 is 24.2 Å². The number of amides is 3. The Bertz CT molecular complexity index is 1380. The third-order valence-corrected chi connectivity index (χ3v) is 7.97. The molecule has 48 heavy (non-hydrogen) atoms. The van der Waals surface area contributed by atoms with Gasteiger partial charge in [-0.2, -0.15) is 0 Å². The van der Waals surface area contributed by atoms with Crippen LogP contribution in [0.5, 0.6) is 5.75 Å². The molecule has 1 saturated heterocycles. The number of imidazole rings is 1. The van der Waals surface area contributed by atoms with Crippen LogP contribution < -0.4 is 10.1 Å². The van der Waals surface area contributed by atoms with Crippen molar-refractivity contribution in [3.05, 3.63) is 48.0 Å². The Morgan fingerprint density at radius 3 is 2.25 bits per heavy atom. The maximum atomic E-state index is 13.5. The van der Waals surface area contributed by atoms with Crippen molar-refractivity contribution in [2.75, 3.05) is 26.7 Å². The van der Waals surface area contributed by atoms with Crippen molar-refractivity contribution in [3.8, 4) is 5.75 Å². The molecule has 3 atom stereocenters. The summed E-state index contributed by atoms with van der Waals surface area (Å²) < 4.78 is 28.0. The van der Waals surface area contributed by atoms with Crippen LogP contribution in [0.4, 0.5) is 14.4 Å². The Balaban J connectivity index is 1.52. The maximum Gasteiger partial charge on any atom is 0.509 e. The molecule has 0 radical (unpaired) electrons. The summed E-state index contributed by atoms with van der Waals surface area (Å²) in [7, 11) is 1.57. The second-order valence-corrected chi connectivity index (χ2v) is 14.1. The molecule has 2 heterocycles. The lowest BCUT2D eigenvalue weighted by atomic mass is 9.84. The first kappa shape index (κ1) is 36.3. The third-order valence-electron chi connectivity index (χ3n) is 7.97. The first-order valence-electron chi connectivity index (χ1n) is 16.3. The van der Waals surface area contributed by atoms with Gasteiger partial charge in [0, 0.05) is 25.2 Å². The van der Waals surface area contributed by atoms with E-state index < -0.39 is 47.8 Å². The molecule has 1 aliphatic heterocycles. The lowest BCUT2D eigenvalue weighted by Gasteiger charge is -2.32. The molecular formula is C34H49N5O9. The van der Waals surface area contributed by atoms with Gasteiger partial charge in [0.25, 0.3) is 0 Å². The van der Waals surface area contributed by atoms with Crippen molar-refractivity contribution in [2.45, 2.75) is 103 Å². The fraction of sp³-hybridized carbons (Fsp3) is 0.618. The van der Waals surface area contributed by atoms with Gasteiger partial charge in [-0.3, -0.25) is 9.69 Å². The Hall–Kier alpha value is -4.49. The largest absolute Gasteiger partial charge is 0.509 e. The van der Waals surface area contributed by atoms with Gasteiger partial charge in [-0.25, -0.2) is 19.4 Å². The highest BCUT2D eigenvalue weighted by Gasteiger charge is 2.50. The normalized spacial score (nSPS) is 19.6. The van der Waals surface area contributed by atoms with Gasteiger partial charge in [-0.1, -0.05) is 18.6 Å². The molecule has 2 aliphatic rings. The molecule has 14 heteroatoms. The number of nitrogens with zero attached hydrogens (tertiary/aromatic N) is 3. The van der Waals surface area contributed by atoms with Crippen molar-refractivity contribution in [1.82, 2.24) is 25.1 Å². The summed E-state index contributed by atoms with van der Waals surface area (Å²) in [5, 5.41) is 2.74. The summed E-state index contributed by atoms with van der Waals surface area (Å²) >= 11 is 0. The number of methoxy groups -OCH3 is 1. The van der Waals surface area contributed by atoms with Gasteiger partial charge in [-0.15, -0.1) is 0 Å². The van der Waals surface area contributed by atoms with Gasteiger partial charge in [0.05, 0.1) is 38.3 Å². The highest BCUT2D eigenvalue weighted by atomic mass is 16.7. The van der Waals surface area contributed by atoms with E-state index in [9.17, 15) is 19.2 Å². The van der Waals surface area contributed by atoms with Gasteiger partial charge in [0.1, 0.15) is 17.0 Å². The van der Waals surface area contributed by atoms with Gasteiger partial charge >= 0.3 is 18.3 Å². The molecule has 0 unspecified atom stereocenters. The smallest absolute Gasteiger partial charge is 0.497 e. The van der Waals surface area contributed by atoms with Crippen LogP contribution in [0.15, 0.2) is 36.8 Å². The molecule has 1 aromatic carbocycles. The molecule has 2 fully saturated rings. The quantitative estimate of drug-likeness (QED) is 0.250. The van der Waals surface area contributed by atoms with Crippen LogP contribution in [0.1, 0.15) is 72.1 Å². The predicted octanol–water partition coefficient (Wildman–Crippen LogP) is 4.82. The topological polar surface area (TPSA) is 162 Å². The Labute approximate surface area is 281 Å². The van der Waals surface area contributed by atoms with E-state index in [1.54, 1.807) is 78.2 Å². The van der Waals surface area contributed by atoms with E-state index in [1.165, 1.54) is 4.90 Å². The number of hydrogen-bond donors (Lipinski definition) is 2. The minimum absolute atomic E-state index is 0.0262. The Morgan fingerprint density at radius 2 is 1.69 bits per heavy atom. The predicted molar refractivity (Wildman–Crippen MR) is 174 cm³/mol. The van der Waals surface area contributed by atoms with Crippen LogP contribution in [0.25, 0.3) is 0 Å². The highest BCUT2D eigenvalue weighted by molar-refractivity contribution is 5.79. The molecule has 14 nitrogen and oxygen atoms in total. The van der Waals surface area contributed by atoms with Crippen LogP contribution in [-0.2, 0) is 36.7 Å². The van der Waals surface area contributed by atoms with Crippen LogP contribution >= 0.6 is 0 Å². The second kappa shape index (κ2) is 15.6. The second-order valence-electron chi connectivity index (χ2n) is 14.1. The number of carbonyl (C=O) groups is 4. The van der Waals surface area contributed by atoms with Crippen LogP contribution in [0.3, 0.4) is 0 Å². The number of aromatic nitrogens is 2. The molecule has 3 amide bonds. The summed E-state index contributed by atoms with van der Waals surface area (Å²) in [5.74, 6) is 0.659. The summed E-state index contributed by atoms with van der Waals surface area (Å²) in [6.45, 7) is 10.9. The number of likely N-dealkylation sites (tertiary alicyclic amines) is 1. The van der Waals surface area contributed by atoms with Gasteiger partial charge in [0.15, 0.2) is 12.2 Å². The average molecular weight is 672 g/mol. The number of rotatable bonds is 11. The van der Waals surface area contributed by atoms with Gasteiger partial charge < -0.3 is 38.9 Å². The van der Waals surface area contributed by atoms with E-state index in [1.807, 2.05) is 12.1 Å². The zero-order valence-electron chi connectivity index (χ0n) is 28.9. The highest BCUT2D eigenvalue weighted by Crippen LogP contribution is 2.31. The zero-order valence-corrected chi connectivity index (χ0v) is 28.9. The summed E-state index contributed by atoms with van der Waals surface area (Å²) in [5.41, 5.74) is -0.0407. The number of ether oxygens (including phenoxy) is 5. The molecule has 1 aromatic heterocycles. The van der Waals surface area contributed by atoms with Crippen LogP contribution in [-0.4, -0.2) is 100 Å². The van der Waals surface area contributed by atoms with Gasteiger partial charge in [-0.05, 0) is 78.5 Å². The van der Waals surface area contributed by atoms with E-state index in [4.69, 9.17) is 23.7 Å². The monoisotopic (exact) mass is 671 g/mol. The van der Waals surface area contributed by atoms with E-state index in [2.05, 4.69) is 15.3 Å². The van der Waals surface area contributed by atoms with Crippen molar-refractivity contribution < 1.29 is 42.9 Å². The van der Waals surface area contributed by atoms with Gasteiger partial charge in [0.2, 0.25) is 5.91 Å². The first-order valence-corrected chi connectivity index (χ1v) is 16.3. The minimum atomic E-state index is -1.08. The molecule has 0 bridgehead atoms. The zero-order chi connectivity index (χ0) is 35.1. The summed E-state index contributed by atoms with van der Waals surface area (Å²) in [4.78, 5) is 63.0.